The minimum absolute atomic E-state index is 0.100. The molecule has 0 radical (unpaired) electrons. The smallest absolute Gasteiger partial charge is 0.224 e. The van der Waals surface area contributed by atoms with E-state index in [-0.39, 0.29) is 11.9 Å². The van der Waals surface area contributed by atoms with Gasteiger partial charge in [-0.3, -0.25) is 4.68 Å². The summed E-state index contributed by atoms with van der Waals surface area (Å²) in [5.74, 6) is 0.474. The third kappa shape index (κ3) is 2.55. The molecule has 18 heavy (non-hydrogen) atoms. The van der Waals surface area contributed by atoms with Crippen LogP contribution in [0.15, 0.2) is 18.5 Å². The van der Waals surface area contributed by atoms with Gasteiger partial charge in [0.25, 0.3) is 0 Å². The van der Waals surface area contributed by atoms with E-state index in [2.05, 4.69) is 25.7 Å². The van der Waals surface area contributed by atoms with Crippen LogP contribution in [0.1, 0.15) is 19.9 Å². The Bertz CT molecular complexity index is 536. The molecule has 96 valence electrons. The van der Waals surface area contributed by atoms with Crippen LogP contribution in [0, 0.1) is 5.82 Å². The van der Waals surface area contributed by atoms with Crippen LogP contribution in [-0.2, 0) is 0 Å². The highest BCUT2D eigenvalue weighted by Crippen LogP contribution is 2.17. The Labute approximate surface area is 104 Å². The summed E-state index contributed by atoms with van der Waals surface area (Å²) in [4.78, 5) is 7.75. The molecule has 0 saturated carbocycles. The van der Waals surface area contributed by atoms with E-state index in [1.807, 2.05) is 20.0 Å². The van der Waals surface area contributed by atoms with Crippen molar-refractivity contribution in [2.45, 2.75) is 19.9 Å². The quantitative estimate of drug-likeness (QED) is 0.870. The molecule has 6 nitrogen and oxygen atoms in total. The molecule has 0 fully saturated rings. The Morgan fingerprint density at radius 1 is 1.39 bits per heavy atom. The minimum Gasteiger partial charge on any atom is -0.357 e. The van der Waals surface area contributed by atoms with E-state index >= 15 is 0 Å². The van der Waals surface area contributed by atoms with E-state index in [9.17, 15) is 4.39 Å². The summed E-state index contributed by atoms with van der Waals surface area (Å²) in [7, 11) is 1.67. The molecule has 2 N–H and O–H groups in total. The third-order valence-electron chi connectivity index (χ3n) is 2.35. The molecule has 0 aliphatic carbocycles. The first-order valence-electron chi connectivity index (χ1n) is 5.62. The lowest BCUT2D eigenvalue weighted by molar-refractivity contribution is 0.534. The van der Waals surface area contributed by atoms with Crippen LogP contribution >= 0.6 is 0 Å². The van der Waals surface area contributed by atoms with E-state index in [0.29, 0.717) is 11.8 Å². The molecule has 0 aliphatic heterocycles. The Morgan fingerprint density at radius 2 is 2.17 bits per heavy atom. The van der Waals surface area contributed by atoms with Crippen molar-refractivity contribution in [1.82, 2.24) is 19.7 Å². The highest BCUT2D eigenvalue weighted by molar-refractivity contribution is 5.52. The average Bonchev–Trinajstić information content (AvgIpc) is 2.81. The van der Waals surface area contributed by atoms with Gasteiger partial charge in [0.05, 0.1) is 6.20 Å². The summed E-state index contributed by atoms with van der Waals surface area (Å²) in [6.45, 7) is 4.03. The molecule has 2 aromatic rings. The lowest BCUT2D eigenvalue weighted by Crippen LogP contribution is -2.05. The van der Waals surface area contributed by atoms with E-state index in [0.717, 1.165) is 6.20 Å². The maximum Gasteiger partial charge on any atom is 0.224 e. The van der Waals surface area contributed by atoms with Crippen LogP contribution in [0.4, 0.5) is 22.0 Å². The second kappa shape index (κ2) is 4.99. The zero-order valence-electron chi connectivity index (χ0n) is 10.5. The Balaban J connectivity index is 2.22. The fraction of sp³-hybridized carbons (Fsp3) is 0.364. The van der Waals surface area contributed by atoms with Crippen molar-refractivity contribution in [2.24, 2.45) is 0 Å². The monoisotopic (exact) mass is 250 g/mol. The fourth-order valence-corrected chi connectivity index (χ4v) is 1.39. The maximum atomic E-state index is 13.5. The molecule has 0 aliphatic rings. The van der Waals surface area contributed by atoms with Gasteiger partial charge < -0.3 is 10.6 Å². The van der Waals surface area contributed by atoms with Gasteiger partial charge >= 0.3 is 0 Å². The number of aromatic nitrogens is 4. The van der Waals surface area contributed by atoms with E-state index in [4.69, 9.17) is 0 Å². The van der Waals surface area contributed by atoms with Gasteiger partial charge in [0, 0.05) is 25.4 Å². The summed E-state index contributed by atoms with van der Waals surface area (Å²) < 4.78 is 15.3. The molecular formula is C11H15FN6. The average molecular weight is 250 g/mol. The first kappa shape index (κ1) is 12.3. The van der Waals surface area contributed by atoms with Gasteiger partial charge in [-0.25, -0.2) is 9.37 Å². The van der Waals surface area contributed by atoms with Gasteiger partial charge in [-0.15, -0.1) is 0 Å². The molecule has 2 aromatic heterocycles. The van der Waals surface area contributed by atoms with Crippen LogP contribution in [0.3, 0.4) is 0 Å². The van der Waals surface area contributed by atoms with E-state index in [1.54, 1.807) is 17.8 Å². The summed E-state index contributed by atoms with van der Waals surface area (Å²) >= 11 is 0. The van der Waals surface area contributed by atoms with Crippen molar-refractivity contribution in [3.8, 4) is 0 Å². The van der Waals surface area contributed by atoms with Crippen molar-refractivity contribution in [1.29, 1.82) is 0 Å². The predicted octanol–water partition coefficient (Wildman–Crippen LogP) is 2.18. The first-order chi connectivity index (χ1) is 8.60. The Kier molecular flexibility index (Phi) is 3.40. The maximum absolute atomic E-state index is 13.5. The molecular weight excluding hydrogens is 235 g/mol. The highest BCUT2D eigenvalue weighted by atomic mass is 19.1. The van der Waals surface area contributed by atoms with Crippen LogP contribution in [0.25, 0.3) is 0 Å². The van der Waals surface area contributed by atoms with Gasteiger partial charge in [0.1, 0.15) is 0 Å². The van der Waals surface area contributed by atoms with Crippen LogP contribution < -0.4 is 10.6 Å². The number of nitrogens with zero attached hydrogens (tertiary/aromatic N) is 4. The van der Waals surface area contributed by atoms with Gasteiger partial charge in [0.15, 0.2) is 17.5 Å². The number of rotatable bonds is 4. The van der Waals surface area contributed by atoms with Crippen molar-refractivity contribution in [3.05, 3.63) is 24.3 Å². The van der Waals surface area contributed by atoms with Crippen molar-refractivity contribution in [2.75, 3.05) is 17.7 Å². The van der Waals surface area contributed by atoms with E-state index in [1.165, 1.54) is 0 Å². The molecule has 0 unspecified atom stereocenters. The highest BCUT2D eigenvalue weighted by Gasteiger charge is 2.08. The Hall–Kier alpha value is -2.18. The van der Waals surface area contributed by atoms with Gasteiger partial charge in [-0.1, -0.05) is 0 Å². The number of nitrogens with one attached hydrogen (secondary N) is 2. The van der Waals surface area contributed by atoms with Crippen LogP contribution in [0.2, 0.25) is 0 Å². The van der Waals surface area contributed by atoms with Gasteiger partial charge in [-0.2, -0.15) is 10.1 Å². The topological polar surface area (TPSA) is 67.7 Å². The summed E-state index contributed by atoms with van der Waals surface area (Å²) in [5, 5.41) is 9.83. The van der Waals surface area contributed by atoms with Crippen LogP contribution in [-0.4, -0.2) is 26.8 Å². The number of anilines is 3. The zero-order chi connectivity index (χ0) is 13.1. The molecule has 2 heterocycles. The van der Waals surface area contributed by atoms with E-state index < -0.39 is 5.82 Å². The lowest BCUT2D eigenvalue weighted by atomic mass is 10.4. The standard InChI is InChI=1S/C11H15FN6/c1-7(2)18-5-4-9(17-18)15-10-8(12)6-14-11(13-3)16-10/h4-7H,1-3H3,(H2,13,14,15,16,17). The van der Waals surface area contributed by atoms with Crippen molar-refractivity contribution >= 4 is 17.6 Å². The molecule has 7 heteroatoms. The second-order valence-corrected chi connectivity index (χ2v) is 4.04. The zero-order valence-corrected chi connectivity index (χ0v) is 10.5. The number of hydrogen-bond donors (Lipinski definition) is 2. The molecule has 2 rings (SSSR count). The second-order valence-electron chi connectivity index (χ2n) is 4.04. The molecule has 0 amide bonds. The summed E-state index contributed by atoms with van der Waals surface area (Å²) in [6, 6.07) is 2.02. The first-order valence-corrected chi connectivity index (χ1v) is 5.62. The number of halogens is 1. The van der Waals surface area contributed by atoms with Crippen molar-refractivity contribution in [3.63, 3.8) is 0 Å². The fourth-order valence-electron chi connectivity index (χ4n) is 1.39. The van der Waals surface area contributed by atoms with Crippen molar-refractivity contribution < 1.29 is 4.39 Å². The normalized spacial score (nSPS) is 10.7. The van der Waals surface area contributed by atoms with Gasteiger partial charge in [0.2, 0.25) is 5.95 Å². The summed E-state index contributed by atoms with van der Waals surface area (Å²) in [5.41, 5.74) is 0. The van der Waals surface area contributed by atoms with Gasteiger partial charge in [-0.05, 0) is 13.8 Å². The SMILES string of the molecule is CNc1ncc(F)c(Nc2ccn(C(C)C)n2)n1. The molecule has 0 bridgehead atoms. The third-order valence-corrected chi connectivity index (χ3v) is 2.35. The Morgan fingerprint density at radius 3 is 2.78 bits per heavy atom. The summed E-state index contributed by atoms with van der Waals surface area (Å²) in [6.07, 6.45) is 2.94. The molecule has 0 aromatic carbocycles. The molecule has 0 saturated heterocycles. The molecule has 0 atom stereocenters. The van der Waals surface area contributed by atoms with Crippen LogP contribution in [0.5, 0.6) is 0 Å². The predicted molar refractivity (Wildman–Crippen MR) is 67.4 cm³/mol. The lowest BCUT2D eigenvalue weighted by Gasteiger charge is -2.06. The largest absolute Gasteiger partial charge is 0.357 e. The minimum atomic E-state index is -0.520. The molecule has 0 spiro atoms. The number of hydrogen-bond acceptors (Lipinski definition) is 5.